The minimum Gasteiger partial charge on any atom is -0.490 e. The summed E-state index contributed by atoms with van der Waals surface area (Å²) >= 11 is 0. The number of carbonyl (C=O) groups is 2. The molecule has 3 rings (SSSR count). The number of aliphatic carboxylic acids is 1. The fourth-order valence-corrected chi connectivity index (χ4v) is 2.85. The van der Waals surface area contributed by atoms with Crippen LogP contribution >= 0.6 is 0 Å². The third-order valence-corrected chi connectivity index (χ3v) is 4.02. The molecule has 2 aromatic heterocycles. The van der Waals surface area contributed by atoms with Crippen LogP contribution in [0.3, 0.4) is 0 Å². The molecule has 0 aliphatic heterocycles. The number of nitrogens with one attached hydrogen (secondary N) is 1. The standard InChI is InChI=1S/C20H21N3O5/c1-3-27-16-8-5-9-23-18(13(2)22-19(16)23)20(26)21-11-14-6-4-7-15(10-14)28-12-17(24)25/h4-10H,3,11-12H2,1-2H3,(H,21,26)(H,24,25). The summed E-state index contributed by atoms with van der Waals surface area (Å²) in [6, 6.07) is 10.5. The van der Waals surface area contributed by atoms with Gasteiger partial charge in [-0.05, 0) is 43.7 Å². The lowest BCUT2D eigenvalue weighted by Crippen LogP contribution is -2.25. The van der Waals surface area contributed by atoms with E-state index >= 15 is 0 Å². The highest BCUT2D eigenvalue weighted by molar-refractivity contribution is 5.94. The van der Waals surface area contributed by atoms with Gasteiger partial charge >= 0.3 is 5.97 Å². The summed E-state index contributed by atoms with van der Waals surface area (Å²) in [6.45, 7) is 4.02. The number of imidazole rings is 1. The first-order chi connectivity index (χ1) is 13.5. The Balaban J connectivity index is 1.75. The lowest BCUT2D eigenvalue weighted by atomic mass is 10.2. The van der Waals surface area contributed by atoms with Crippen LogP contribution in [-0.4, -0.2) is 39.6 Å². The van der Waals surface area contributed by atoms with Gasteiger partial charge in [0.2, 0.25) is 0 Å². The SMILES string of the molecule is CCOc1cccn2c(C(=O)NCc3cccc(OCC(=O)O)c3)c(C)nc12. The van der Waals surface area contributed by atoms with Crippen molar-refractivity contribution < 1.29 is 24.2 Å². The van der Waals surface area contributed by atoms with Crippen molar-refractivity contribution in [2.24, 2.45) is 0 Å². The predicted molar refractivity (Wildman–Crippen MR) is 102 cm³/mol. The predicted octanol–water partition coefficient (Wildman–Crippen LogP) is 2.43. The second kappa shape index (κ2) is 8.43. The molecule has 0 unspecified atom stereocenters. The summed E-state index contributed by atoms with van der Waals surface area (Å²) in [5, 5.41) is 11.6. The zero-order valence-electron chi connectivity index (χ0n) is 15.6. The number of rotatable bonds is 8. The Kier molecular flexibility index (Phi) is 5.78. The van der Waals surface area contributed by atoms with E-state index in [9.17, 15) is 9.59 Å². The molecule has 0 fully saturated rings. The van der Waals surface area contributed by atoms with Crippen LogP contribution < -0.4 is 14.8 Å². The van der Waals surface area contributed by atoms with Crippen molar-refractivity contribution in [1.82, 2.24) is 14.7 Å². The van der Waals surface area contributed by atoms with Crippen molar-refractivity contribution >= 4 is 17.5 Å². The molecule has 0 saturated heterocycles. The summed E-state index contributed by atoms with van der Waals surface area (Å²) < 4.78 is 12.4. The topological polar surface area (TPSA) is 102 Å². The van der Waals surface area contributed by atoms with Crippen molar-refractivity contribution in [3.05, 3.63) is 59.5 Å². The quantitative estimate of drug-likeness (QED) is 0.619. The zero-order valence-corrected chi connectivity index (χ0v) is 15.6. The summed E-state index contributed by atoms with van der Waals surface area (Å²) in [5.74, 6) is -0.263. The summed E-state index contributed by atoms with van der Waals surface area (Å²) in [7, 11) is 0. The van der Waals surface area contributed by atoms with Crippen molar-refractivity contribution in [3.8, 4) is 11.5 Å². The van der Waals surface area contributed by atoms with Gasteiger partial charge in [0.25, 0.3) is 5.91 Å². The fraction of sp³-hybridized carbons (Fsp3) is 0.250. The van der Waals surface area contributed by atoms with Crippen molar-refractivity contribution in [1.29, 1.82) is 0 Å². The lowest BCUT2D eigenvalue weighted by molar-refractivity contribution is -0.139. The average molecular weight is 383 g/mol. The Hall–Kier alpha value is -3.55. The fourth-order valence-electron chi connectivity index (χ4n) is 2.85. The molecule has 0 radical (unpaired) electrons. The highest BCUT2D eigenvalue weighted by Gasteiger charge is 2.18. The molecule has 2 N–H and O–H groups in total. The molecule has 3 aromatic rings. The maximum absolute atomic E-state index is 12.8. The summed E-state index contributed by atoms with van der Waals surface area (Å²) in [5.41, 5.74) is 2.42. The van der Waals surface area contributed by atoms with Gasteiger partial charge in [0.15, 0.2) is 18.0 Å². The summed E-state index contributed by atoms with van der Waals surface area (Å²) in [6.07, 6.45) is 1.77. The van der Waals surface area contributed by atoms with Gasteiger partial charge in [-0.1, -0.05) is 12.1 Å². The number of hydrogen-bond acceptors (Lipinski definition) is 5. The largest absolute Gasteiger partial charge is 0.490 e. The average Bonchev–Trinajstić information content (AvgIpc) is 3.02. The molecule has 146 valence electrons. The van der Waals surface area contributed by atoms with Crippen LogP contribution in [-0.2, 0) is 11.3 Å². The zero-order chi connectivity index (χ0) is 20.1. The molecular weight excluding hydrogens is 362 g/mol. The van der Waals surface area contributed by atoms with E-state index < -0.39 is 12.6 Å². The molecule has 0 spiro atoms. The van der Waals surface area contributed by atoms with E-state index in [0.29, 0.717) is 35.1 Å². The van der Waals surface area contributed by atoms with E-state index in [1.165, 1.54) is 0 Å². The normalized spacial score (nSPS) is 10.6. The van der Waals surface area contributed by atoms with Crippen LogP contribution in [0.25, 0.3) is 5.65 Å². The van der Waals surface area contributed by atoms with Crippen LogP contribution in [0.5, 0.6) is 11.5 Å². The second-order valence-electron chi connectivity index (χ2n) is 6.06. The Morgan fingerprint density at radius 1 is 1.21 bits per heavy atom. The number of hydrogen-bond donors (Lipinski definition) is 2. The molecule has 8 heteroatoms. The van der Waals surface area contributed by atoms with Crippen LogP contribution in [0.2, 0.25) is 0 Å². The molecular formula is C20H21N3O5. The molecule has 1 amide bonds. The van der Waals surface area contributed by atoms with Gasteiger partial charge < -0.3 is 19.9 Å². The maximum atomic E-state index is 12.8. The first-order valence-corrected chi connectivity index (χ1v) is 8.81. The minimum atomic E-state index is -1.05. The third kappa shape index (κ3) is 4.22. The molecule has 0 bridgehead atoms. The van der Waals surface area contributed by atoms with Crippen LogP contribution in [0, 0.1) is 6.92 Å². The van der Waals surface area contributed by atoms with Gasteiger partial charge in [-0.15, -0.1) is 0 Å². The van der Waals surface area contributed by atoms with E-state index in [0.717, 1.165) is 5.56 Å². The first kappa shape index (κ1) is 19.2. The number of fused-ring (bicyclic) bond motifs is 1. The number of aryl methyl sites for hydroxylation is 1. The van der Waals surface area contributed by atoms with E-state index in [2.05, 4.69) is 10.3 Å². The number of ether oxygens (including phenoxy) is 2. The number of pyridine rings is 1. The number of benzene rings is 1. The molecule has 1 aromatic carbocycles. The van der Waals surface area contributed by atoms with E-state index in [-0.39, 0.29) is 12.5 Å². The Labute approximate surface area is 161 Å². The monoisotopic (exact) mass is 383 g/mol. The number of nitrogens with zero attached hydrogens (tertiary/aromatic N) is 2. The molecule has 0 saturated carbocycles. The van der Waals surface area contributed by atoms with Gasteiger partial charge in [-0.25, -0.2) is 9.78 Å². The second-order valence-corrected chi connectivity index (χ2v) is 6.06. The van der Waals surface area contributed by atoms with Gasteiger partial charge in [0.1, 0.15) is 11.4 Å². The highest BCUT2D eigenvalue weighted by atomic mass is 16.5. The number of carbonyl (C=O) groups excluding carboxylic acids is 1. The van der Waals surface area contributed by atoms with E-state index in [1.807, 2.05) is 19.1 Å². The van der Waals surface area contributed by atoms with Gasteiger partial charge in [0.05, 0.1) is 12.3 Å². The Morgan fingerprint density at radius 2 is 2.04 bits per heavy atom. The van der Waals surface area contributed by atoms with Gasteiger partial charge in [-0.2, -0.15) is 0 Å². The third-order valence-electron chi connectivity index (χ3n) is 4.02. The molecule has 2 heterocycles. The molecule has 0 atom stereocenters. The van der Waals surface area contributed by atoms with E-state index in [1.54, 1.807) is 41.8 Å². The summed E-state index contributed by atoms with van der Waals surface area (Å²) in [4.78, 5) is 27.8. The highest BCUT2D eigenvalue weighted by Crippen LogP contribution is 2.22. The van der Waals surface area contributed by atoms with Crippen molar-refractivity contribution in [3.63, 3.8) is 0 Å². The van der Waals surface area contributed by atoms with Crippen LogP contribution in [0.4, 0.5) is 0 Å². The number of carboxylic acids is 1. The van der Waals surface area contributed by atoms with Crippen molar-refractivity contribution in [2.45, 2.75) is 20.4 Å². The first-order valence-electron chi connectivity index (χ1n) is 8.81. The van der Waals surface area contributed by atoms with E-state index in [4.69, 9.17) is 14.6 Å². The molecule has 0 aliphatic carbocycles. The van der Waals surface area contributed by atoms with Crippen molar-refractivity contribution in [2.75, 3.05) is 13.2 Å². The maximum Gasteiger partial charge on any atom is 0.341 e. The molecule has 0 aliphatic rings. The van der Waals surface area contributed by atoms with Gasteiger partial charge in [0, 0.05) is 12.7 Å². The Morgan fingerprint density at radius 3 is 2.79 bits per heavy atom. The van der Waals surface area contributed by atoms with Gasteiger partial charge in [-0.3, -0.25) is 9.20 Å². The Bertz CT molecular complexity index is 1010. The molecule has 28 heavy (non-hydrogen) atoms. The molecule has 8 nitrogen and oxygen atoms in total. The number of amides is 1. The number of aromatic nitrogens is 2. The minimum absolute atomic E-state index is 0.265. The van der Waals surface area contributed by atoms with Crippen LogP contribution in [0.1, 0.15) is 28.7 Å². The smallest absolute Gasteiger partial charge is 0.341 e. The lowest BCUT2D eigenvalue weighted by Gasteiger charge is -2.09. The van der Waals surface area contributed by atoms with Crippen LogP contribution in [0.15, 0.2) is 42.6 Å². The number of carboxylic acid groups (broad SMARTS) is 1.